The summed E-state index contributed by atoms with van der Waals surface area (Å²) < 4.78 is 13.2. The van der Waals surface area contributed by atoms with Gasteiger partial charge < -0.3 is 5.73 Å². The molecule has 4 nitrogen and oxygen atoms in total. The molecular formula is C17H15FN4. The van der Waals surface area contributed by atoms with Crippen LogP contribution < -0.4 is 5.73 Å². The fraction of sp³-hybridized carbons (Fsp3) is 0.176. The van der Waals surface area contributed by atoms with Crippen molar-refractivity contribution in [3.8, 4) is 22.4 Å². The summed E-state index contributed by atoms with van der Waals surface area (Å²) in [7, 11) is 0. The maximum absolute atomic E-state index is 13.2. The van der Waals surface area contributed by atoms with E-state index in [1.165, 1.54) is 12.1 Å². The van der Waals surface area contributed by atoms with Gasteiger partial charge in [0.05, 0.1) is 11.2 Å². The second-order valence-corrected chi connectivity index (χ2v) is 5.72. The highest BCUT2D eigenvalue weighted by molar-refractivity contribution is 5.83. The molecular weight excluding hydrogens is 279 g/mol. The third-order valence-electron chi connectivity index (χ3n) is 4.14. The molecule has 110 valence electrons. The van der Waals surface area contributed by atoms with Crippen LogP contribution in [0, 0.1) is 5.82 Å². The van der Waals surface area contributed by atoms with E-state index in [1.54, 1.807) is 24.5 Å². The Balaban J connectivity index is 1.92. The molecule has 0 saturated heterocycles. The van der Waals surface area contributed by atoms with Crippen molar-refractivity contribution >= 4 is 0 Å². The largest absolute Gasteiger partial charge is 0.320 e. The second-order valence-electron chi connectivity index (χ2n) is 5.72. The van der Waals surface area contributed by atoms with Crippen LogP contribution in [0.2, 0.25) is 0 Å². The smallest absolute Gasteiger partial charge is 0.123 e. The Morgan fingerprint density at radius 3 is 2.32 bits per heavy atom. The molecule has 3 N–H and O–H groups in total. The molecule has 1 aromatic carbocycles. The molecule has 0 amide bonds. The molecule has 0 spiro atoms. The molecule has 0 aliphatic heterocycles. The van der Waals surface area contributed by atoms with Gasteiger partial charge >= 0.3 is 0 Å². The fourth-order valence-corrected chi connectivity index (χ4v) is 2.70. The highest BCUT2D eigenvalue weighted by Gasteiger charge is 2.44. The van der Waals surface area contributed by atoms with Crippen LogP contribution in [-0.2, 0) is 5.54 Å². The first kappa shape index (κ1) is 13.2. The number of nitrogens with one attached hydrogen (secondary N) is 1. The SMILES string of the molecule is NC1(c2[nH]nc(-c3ccc(F)cc3)c2-c2ccncc2)CC1. The molecule has 0 bridgehead atoms. The van der Waals surface area contributed by atoms with Gasteiger partial charge in [-0.15, -0.1) is 0 Å². The van der Waals surface area contributed by atoms with Crippen molar-refractivity contribution in [3.05, 3.63) is 60.3 Å². The number of halogens is 1. The van der Waals surface area contributed by atoms with Gasteiger partial charge in [0, 0.05) is 23.5 Å². The van der Waals surface area contributed by atoms with E-state index < -0.39 is 0 Å². The van der Waals surface area contributed by atoms with E-state index in [9.17, 15) is 4.39 Å². The summed E-state index contributed by atoms with van der Waals surface area (Å²) in [6.45, 7) is 0. The number of pyridine rings is 1. The minimum atomic E-state index is -0.329. The van der Waals surface area contributed by atoms with Crippen LogP contribution in [-0.4, -0.2) is 15.2 Å². The van der Waals surface area contributed by atoms with Gasteiger partial charge in [-0.1, -0.05) is 0 Å². The lowest BCUT2D eigenvalue weighted by Gasteiger charge is -2.11. The van der Waals surface area contributed by atoms with E-state index in [4.69, 9.17) is 5.73 Å². The van der Waals surface area contributed by atoms with Crippen molar-refractivity contribution in [1.82, 2.24) is 15.2 Å². The van der Waals surface area contributed by atoms with Crippen LogP contribution in [0.1, 0.15) is 18.5 Å². The molecule has 2 aromatic heterocycles. The summed E-state index contributed by atoms with van der Waals surface area (Å²) in [6.07, 6.45) is 5.37. The maximum Gasteiger partial charge on any atom is 0.123 e. The van der Waals surface area contributed by atoms with Crippen molar-refractivity contribution in [2.45, 2.75) is 18.4 Å². The van der Waals surface area contributed by atoms with E-state index in [0.717, 1.165) is 40.9 Å². The highest BCUT2D eigenvalue weighted by atomic mass is 19.1. The number of benzene rings is 1. The number of aromatic amines is 1. The average Bonchev–Trinajstić information content (AvgIpc) is 3.13. The summed E-state index contributed by atoms with van der Waals surface area (Å²) in [5.74, 6) is -0.262. The number of nitrogens with two attached hydrogens (primary N) is 1. The highest BCUT2D eigenvalue weighted by Crippen LogP contribution is 2.47. The van der Waals surface area contributed by atoms with Gasteiger partial charge in [0.1, 0.15) is 11.5 Å². The third-order valence-corrected chi connectivity index (χ3v) is 4.14. The zero-order valence-corrected chi connectivity index (χ0v) is 11.9. The Labute approximate surface area is 127 Å². The first-order chi connectivity index (χ1) is 10.7. The number of aromatic nitrogens is 3. The topological polar surface area (TPSA) is 67.6 Å². The van der Waals surface area contributed by atoms with Crippen molar-refractivity contribution < 1.29 is 4.39 Å². The summed E-state index contributed by atoms with van der Waals surface area (Å²) in [5.41, 5.74) is 10.6. The number of hydrogen-bond acceptors (Lipinski definition) is 3. The molecule has 0 unspecified atom stereocenters. The molecule has 22 heavy (non-hydrogen) atoms. The van der Waals surface area contributed by atoms with Gasteiger partial charge in [-0.3, -0.25) is 10.1 Å². The lowest BCUT2D eigenvalue weighted by atomic mass is 9.96. The van der Waals surface area contributed by atoms with Crippen LogP contribution in [0.4, 0.5) is 4.39 Å². The summed E-state index contributed by atoms with van der Waals surface area (Å²) in [4.78, 5) is 4.07. The first-order valence-electron chi connectivity index (χ1n) is 7.21. The standard InChI is InChI=1S/C17H15FN4/c18-13-3-1-12(2-4-13)15-14(11-5-9-20-10-6-11)16(22-21-15)17(19)7-8-17/h1-6,9-10H,7-8,19H2,(H,21,22). The van der Waals surface area contributed by atoms with Gasteiger partial charge in [-0.25, -0.2) is 4.39 Å². The van der Waals surface area contributed by atoms with Crippen molar-refractivity contribution in [1.29, 1.82) is 0 Å². The molecule has 1 aliphatic carbocycles. The van der Waals surface area contributed by atoms with Crippen LogP contribution in [0.25, 0.3) is 22.4 Å². The maximum atomic E-state index is 13.2. The van der Waals surface area contributed by atoms with Crippen LogP contribution in [0.5, 0.6) is 0 Å². The van der Waals surface area contributed by atoms with Crippen molar-refractivity contribution in [2.24, 2.45) is 5.73 Å². The predicted molar refractivity (Wildman–Crippen MR) is 82.3 cm³/mol. The Morgan fingerprint density at radius 2 is 1.68 bits per heavy atom. The zero-order valence-electron chi connectivity index (χ0n) is 11.9. The number of nitrogens with zero attached hydrogens (tertiary/aromatic N) is 2. The van der Waals surface area contributed by atoms with Crippen molar-refractivity contribution in [3.63, 3.8) is 0 Å². The fourth-order valence-electron chi connectivity index (χ4n) is 2.70. The van der Waals surface area contributed by atoms with Gasteiger partial charge in [0.15, 0.2) is 0 Å². The van der Waals surface area contributed by atoms with Gasteiger partial charge in [0.2, 0.25) is 0 Å². The molecule has 1 aliphatic rings. The van der Waals surface area contributed by atoms with E-state index in [2.05, 4.69) is 15.2 Å². The Kier molecular flexibility index (Phi) is 2.84. The van der Waals surface area contributed by atoms with E-state index in [-0.39, 0.29) is 11.4 Å². The minimum Gasteiger partial charge on any atom is -0.320 e. The first-order valence-corrected chi connectivity index (χ1v) is 7.21. The summed E-state index contributed by atoms with van der Waals surface area (Å²) in [6, 6.07) is 10.2. The molecule has 4 rings (SSSR count). The molecule has 2 heterocycles. The van der Waals surface area contributed by atoms with Gasteiger partial charge in [-0.05, 0) is 54.8 Å². The van der Waals surface area contributed by atoms with Crippen LogP contribution in [0.15, 0.2) is 48.8 Å². The Hall–Kier alpha value is -2.53. The molecule has 0 radical (unpaired) electrons. The third kappa shape index (κ3) is 2.10. The van der Waals surface area contributed by atoms with Crippen LogP contribution in [0.3, 0.4) is 0 Å². The van der Waals surface area contributed by atoms with E-state index in [0.29, 0.717) is 0 Å². The normalized spacial score (nSPS) is 15.7. The van der Waals surface area contributed by atoms with E-state index in [1.807, 2.05) is 12.1 Å². The molecule has 3 aromatic rings. The monoisotopic (exact) mass is 294 g/mol. The quantitative estimate of drug-likeness (QED) is 0.779. The summed E-state index contributed by atoms with van der Waals surface area (Å²) >= 11 is 0. The number of H-pyrrole nitrogens is 1. The number of rotatable bonds is 3. The molecule has 0 atom stereocenters. The zero-order chi connectivity index (χ0) is 15.2. The molecule has 1 fully saturated rings. The minimum absolute atomic E-state index is 0.262. The molecule has 5 heteroatoms. The number of hydrogen-bond donors (Lipinski definition) is 2. The van der Waals surface area contributed by atoms with Gasteiger partial charge in [-0.2, -0.15) is 5.10 Å². The van der Waals surface area contributed by atoms with Crippen LogP contribution >= 0.6 is 0 Å². The van der Waals surface area contributed by atoms with E-state index >= 15 is 0 Å². The Morgan fingerprint density at radius 1 is 1.00 bits per heavy atom. The molecule has 1 saturated carbocycles. The van der Waals surface area contributed by atoms with Gasteiger partial charge in [0.25, 0.3) is 0 Å². The Bertz CT molecular complexity index is 804. The average molecular weight is 294 g/mol. The lowest BCUT2D eigenvalue weighted by Crippen LogP contribution is -2.20. The summed E-state index contributed by atoms with van der Waals surface area (Å²) in [5, 5.41) is 7.55. The second kappa shape index (κ2) is 4.74. The predicted octanol–water partition coefficient (Wildman–Crippen LogP) is 3.23. The van der Waals surface area contributed by atoms with Crippen molar-refractivity contribution in [2.75, 3.05) is 0 Å². The lowest BCUT2D eigenvalue weighted by molar-refractivity contribution is 0.628.